The number of aryl methyl sites for hydroxylation is 1. The number of ether oxygens (including phenoxy) is 1. The molecular formula is C20H26N2O4S. The lowest BCUT2D eigenvalue weighted by atomic mass is 10.1. The van der Waals surface area contributed by atoms with Crippen LogP contribution in [-0.2, 0) is 21.4 Å². The van der Waals surface area contributed by atoms with Crippen LogP contribution in [0.5, 0.6) is 5.75 Å². The van der Waals surface area contributed by atoms with Crippen LogP contribution in [0.15, 0.2) is 48.5 Å². The minimum Gasteiger partial charge on any atom is -0.494 e. The number of amides is 1. The van der Waals surface area contributed by atoms with E-state index in [2.05, 4.69) is 0 Å². The smallest absolute Gasteiger partial charge is 0.243 e. The zero-order valence-corrected chi connectivity index (χ0v) is 17.0. The lowest BCUT2D eigenvalue weighted by Crippen LogP contribution is -2.41. The predicted octanol–water partition coefficient (Wildman–Crippen LogP) is 2.82. The lowest BCUT2D eigenvalue weighted by molar-refractivity contribution is -0.128. The standard InChI is InChI=1S/C20H26N2O4S/c1-5-26-19-8-6-7-18(13-19)22(27(4,24)25)15-20(23)21(3)14-17-11-9-16(2)10-12-17/h6-13H,5,14-15H2,1-4H3. The van der Waals surface area contributed by atoms with Crippen molar-refractivity contribution in [2.45, 2.75) is 20.4 Å². The molecule has 0 aliphatic heterocycles. The Kier molecular flexibility index (Phi) is 6.85. The van der Waals surface area contributed by atoms with Gasteiger partial charge in [0.25, 0.3) is 0 Å². The second-order valence-corrected chi connectivity index (χ2v) is 8.34. The molecule has 0 atom stereocenters. The van der Waals surface area contributed by atoms with Gasteiger partial charge in [-0.1, -0.05) is 35.9 Å². The van der Waals surface area contributed by atoms with Gasteiger partial charge in [0.15, 0.2) is 0 Å². The van der Waals surface area contributed by atoms with Gasteiger partial charge in [0.05, 0.1) is 18.6 Å². The highest BCUT2D eigenvalue weighted by Crippen LogP contribution is 2.23. The minimum atomic E-state index is -3.63. The molecule has 0 aliphatic carbocycles. The summed E-state index contributed by atoms with van der Waals surface area (Å²) in [6, 6.07) is 14.6. The van der Waals surface area contributed by atoms with Gasteiger partial charge in [-0.2, -0.15) is 0 Å². The second-order valence-electron chi connectivity index (χ2n) is 6.44. The van der Waals surface area contributed by atoms with E-state index in [4.69, 9.17) is 4.74 Å². The van der Waals surface area contributed by atoms with Crippen molar-refractivity contribution in [3.63, 3.8) is 0 Å². The first kappa shape index (κ1) is 20.8. The van der Waals surface area contributed by atoms with E-state index in [1.807, 2.05) is 38.1 Å². The number of nitrogens with zero attached hydrogens (tertiary/aromatic N) is 2. The van der Waals surface area contributed by atoms with Gasteiger partial charge >= 0.3 is 0 Å². The molecule has 0 fully saturated rings. The normalized spacial score (nSPS) is 11.1. The average molecular weight is 391 g/mol. The number of hydrogen-bond donors (Lipinski definition) is 0. The fourth-order valence-corrected chi connectivity index (χ4v) is 3.44. The summed E-state index contributed by atoms with van der Waals surface area (Å²) in [5.41, 5.74) is 2.53. The van der Waals surface area contributed by atoms with Crippen LogP contribution in [0.25, 0.3) is 0 Å². The number of carbonyl (C=O) groups is 1. The van der Waals surface area contributed by atoms with Gasteiger partial charge in [-0.15, -0.1) is 0 Å². The highest BCUT2D eigenvalue weighted by atomic mass is 32.2. The van der Waals surface area contributed by atoms with Crippen LogP contribution >= 0.6 is 0 Å². The van der Waals surface area contributed by atoms with Crippen molar-refractivity contribution >= 4 is 21.6 Å². The van der Waals surface area contributed by atoms with Gasteiger partial charge in [-0.3, -0.25) is 9.10 Å². The van der Waals surface area contributed by atoms with E-state index in [9.17, 15) is 13.2 Å². The van der Waals surface area contributed by atoms with Gasteiger partial charge in [0.1, 0.15) is 12.3 Å². The Morgan fingerprint density at radius 1 is 1.11 bits per heavy atom. The predicted molar refractivity (Wildman–Crippen MR) is 107 cm³/mol. The molecule has 7 heteroatoms. The van der Waals surface area contributed by atoms with Gasteiger partial charge in [-0.25, -0.2) is 8.42 Å². The van der Waals surface area contributed by atoms with Gasteiger partial charge in [-0.05, 0) is 31.5 Å². The topological polar surface area (TPSA) is 66.9 Å². The van der Waals surface area contributed by atoms with Crippen molar-refractivity contribution in [1.29, 1.82) is 0 Å². The average Bonchev–Trinajstić information content (AvgIpc) is 2.61. The maximum absolute atomic E-state index is 12.6. The number of rotatable bonds is 8. The second kappa shape index (κ2) is 8.90. The van der Waals surface area contributed by atoms with Crippen molar-refractivity contribution in [3.05, 3.63) is 59.7 Å². The number of sulfonamides is 1. The third-order valence-electron chi connectivity index (χ3n) is 4.06. The van der Waals surface area contributed by atoms with Gasteiger partial charge in [0.2, 0.25) is 15.9 Å². The first-order valence-corrected chi connectivity index (χ1v) is 10.6. The maximum atomic E-state index is 12.6. The van der Waals surface area contributed by atoms with Crippen molar-refractivity contribution in [1.82, 2.24) is 4.90 Å². The van der Waals surface area contributed by atoms with Crippen LogP contribution in [0.2, 0.25) is 0 Å². The maximum Gasteiger partial charge on any atom is 0.243 e. The van der Waals surface area contributed by atoms with Crippen LogP contribution in [0.3, 0.4) is 0 Å². The first-order chi connectivity index (χ1) is 12.7. The lowest BCUT2D eigenvalue weighted by Gasteiger charge is -2.25. The molecule has 0 spiro atoms. The van der Waals surface area contributed by atoms with Crippen molar-refractivity contribution in [3.8, 4) is 5.75 Å². The molecule has 0 unspecified atom stereocenters. The number of benzene rings is 2. The number of anilines is 1. The first-order valence-electron chi connectivity index (χ1n) is 8.70. The Morgan fingerprint density at radius 2 is 1.78 bits per heavy atom. The van der Waals surface area contributed by atoms with Crippen molar-refractivity contribution < 1.29 is 17.9 Å². The summed E-state index contributed by atoms with van der Waals surface area (Å²) in [5, 5.41) is 0. The molecule has 2 aromatic carbocycles. The molecule has 0 bridgehead atoms. The highest BCUT2D eigenvalue weighted by molar-refractivity contribution is 7.92. The van der Waals surface area contributed by atoms with Crippen LogP contribution in [0.1, 0.15) is 18.1 Å². The van der Waals surface area contributed by atoms with Crippen LogP contribution < -0.4 is 9.04 Å². The Labute approximate surface area is 161 Å². The highest BCUT2D eigenvalue weighted by Gasteiger charge is 2.23. The van der Waals surface area contributed by atoms with Crippen LogP contribution in [0.4, 0.5) is 5.69 Å². The fourth-order valence-electron chi connectivity index (χ4n) is 2.59. The number of likely N-dealkylation sites (N-methyl/N-ethyl adjacent to an activating group) is 1. The third kappa shape index (κ3) is 5.99. The summed E-state index contributed by atoms with van der Waals surface area (Å²) in [6.07, 6.45) is 1.09. The van der Waals surface area contributed by atoms with Crippen LogP contribution in [-0.4, -0.2) is 45.7 Å². The Morgan fingerprint density at radius 3 is 2.37 bits per heavy atom. The molecule has 146 valence electrons. The SMILES string of the molecule is CCOc1cccc(N(CC(=O)N(C)Cc2ccc(C)cc2)S(C)(=O)=O)c1. The molecule has 0 aromatic heterocycles. The summed E-state index contributed by atoms with van der Waals surface area (Å²) in [5.74, 6) is 0.270. The molecule has 1 amide bonds. The molecule has 2 rings (SSSR count). The largest absolute Gasteiger partial charge is 0.494 e. The van der Waals surface area contributed by atoms with Crippen molar-refractivity contribution in [2.24, 2.45) is 0 Å². The molecule has 0 saturated heterocycles. The monoisotopic (exact) mass is 390 g/mol. The quantitative estimate of drug-likeness (QED) is 0.695. The molecule has 27 heavy (non-hydrogen) atoms. The number of hydrogen-bond acceptors (Lipinski definition) is 4. The van der Waals surface area contributed by atoms with Crippen LogP contribution in [0, 0.1) is 6.92 Å². The zero-order valence-electron chi connectivity index (χ0n) is 16.2. The van der Waals surface area contributed by atoms with E-state index >= 15 is 0 Å². The summed E-state index contributed by atoms with van der Waals surface area (Å²) >= 11 is 0. The summed E-state index contributed by atoms with van der Waals surface area (Å²) in [7, 11) is -1.96. The van der Waals surface area contributed by atoms with E-state index in [-0.39, 0.29) is 12.5 Å². The van der Waals surface area contributed by atoms with E-state index in [1.165, 1.54) is 4.90 Å². The molecule has 6 nitrogen and oxygen atoms in total. The molecule has 0 aliphatic rings. The molecule has 0 saturated carbocycles. The van der Waals surface area contributed by atoms with Crippen molar-refractivity contribution in [2.75, 3.05) is 30.8 Å². The van der Waals surface area contributed by atoms with E-state index in [1.54, 1.807) is 31.3 Å². The fraction of sp³-hybridized carbons (Fsp3) is 0.350. The molecular weight excluding hydrogens is 364 g/mol. The molecule has 0 heterocycles. The molecule has 0 N–H and O–H groups in total. The Bertz CT molecular complexity index is 879. The van der Waals surface area contributed by atoms with E-state index in [0.717, 1.165) is 21.7 Å². The van der Waals surface area contributed by atoms with Gasteiger partial charge < -0.3 is 9.64 Å². The summed E-state index contributed by atoms with van der Waals surface area (Å²) < 4.78 is 31.1. The number of carbonyl (C=O) groups excluding carboxylic acids is 1. The Balaban J connectivity index is 2.17. The van der Waals surface area contributed by atoms with E-state index < -0.39 is 10.0 Å². The summed E-state index contributed by atoms with van der Waals surface area (Å²) in [4.78, 5) is 14.2. The minimum absolute atomic E-state index is 0.267. The Hall–Kier alpha value is -2.54. The van der Waals surface area contributed by atoms with Gasteiger partial charge in [0, 0.05) is 19.7 Å². The third-order valence-corrected chi connectivity index (χ3v) is 5.20. The molecule has 2 aromatic rings. The zero-order chi connectivity index (χ0) is 20.0. The van der Waals surface area contributed by atoms with E-state index in [0.29, 0.717) is 24.6 Å². The summed E-state index contributed by atoms with van der Waals surface area (Å²) in [6.45, 7) is 4.47. The molecule has 0 radical (unpaired) electrons.